The smallest absolute Gasteiger partial charge is 0.344 e. The van der Waals surface area contributed by atoms with Gasteiger partial charge in [-0.1, -0.05) is 0 Å². The monoisotopic (exact) mass is 268 g/mol. The van der Waals surface area contributed by atoms with Crippen molar-refractivity contribution in [2.75, 3.05) is 26.6 Å². The number of hydrogen-bond acceptors (Lipinski definition) is 7. The SMILES string of the molecule is CNc1cc(C(=O)OC)c([N+](=O)[O-])cc1C(=O)OC. The molecule has 0 saturated carbocycles. The van der Waals surface area contributed by atoms with Gasteiger partial charge in [0.25, 0.3) is 5.69 Å². The minimum Gasteiger partial charge on any atom is -0.465 e. The summed E-state index contributed by atoms with van der Waals surface area (Å²) in [6.45, 7) is 0. The fourth-order valence-electron chi connectivity index (χ4n) is 1.50. The molecular formula is C11H12N2O6. The molecule has 8 nitrogen and oxygen atoms in total. The van der Waals surface area contributed by atoms with Gasteiger partial charge in [-0.2, -0.15) is 0 Å². The second-order valence-electron chi connectivity index (χ2n) is 3.41. The molecule has 0 spiro atoms. The van der Waals surface area contributed by atoms with Crippen LogP contribution in [0.5, 0.6) is 0 Å². The topological polar surface area (TPSA) is 108 Å². The van der Waals surface area contributed by atoms with Crippen LogP contribution in [0.4, 0.5) is 11.4 Å². The molecule has 0 aromatic heterocycles. The number of rotatable bonds is 4. The molecule has 0 fully saturated rings. The maximum absolute atomic E-state index is 11.5. The maximum Gasteiger partial charge on any atom is 0.344 e. The molecule has 0 unspecified atom stereocenters. The number of nitro groups is 1. The molecule has 0 heterocycles. The van der Waals surface area contributed by atoms with E-state index < -0.39 is 22.5 Å². The minimum absolute atomic E-state index is 0.0376. The lowest BCUT2D eigenvalue weighted by molar-refractivity contribution is -0.385. The van der Waals surface area contributed by atoms with Crippen LogP contribution in [0, 0.1) is 10.1 Å². The van der Waals surface area contributed by atoms with Crippen LogP contribution in [0.1, 0.15) is 20.7 Å². The Morgan fingerprint density at radius 1 is 1.16 bits per heavy atom. The average Bonchev–Trinajstić information content (AvgIpc) is 2.43. The number of hydrogen-bond donors (Lipinski definition) is 1. The molecule has 1 N–H and O–H groups in total. The highest BCUT2D eigenvalue weighted by molar-refractivity contribution is 6.01. The largest absolute Gasteiger partial charge is 0.465 e. The van der Waals surface area contributed by atoms with E-state index in [1.54, 1.807) is 0 Å². The Bertz CT molecular complexity index is 540. The average molecular weight is 268 g/mol. The number of carbonyl (C=O) groups excluding carboxylic acids is 2. The first-order valence-electron chi connectivity index (χ1n) is 5.13. The molecule has 0 atom stereocenters. The van der Waals surface area contributed by atoms with E-state index >= 15 is 0 Å². The van der Waals surface area contributed by atoms with Crippen LogP contribution in [-0.2, 0) is 9.47 Å². The van der Waals surface area contributed by atoms with Crippen molar-refractivity contribution in [3.05, 3.63) is 33.4 Å². The van der Waals surface area contributed by atoms with Gasteiger partial charge in [0.05, 0.1) is 24.7 Å². The summed E-state index contributed by atoms with van der Waals surface area (Å²) >= 11 is 0. The van der Waals surface area contributed by atoms with E-state index in [2.05, 4.69) is 14.8 Å². The van der Waals surface area contributed by atoms with E-state index in [4.69, 9.17) is 0 Å². The molecule has 0 aliphatic rings. The van der Waals surface area contributed by atoms with Crippen LogP contribution < -0.4 is 5.32 Å². The number of nitro benzene ring substituents is 1. The van der Waals surface area contributed by atoms with Gasteiger partial charge in [-0.25, -0.2) is 9.59 Å². The van der Waals surface area contributed by atoms with Gasteiger partial charge in [-0.15, -0.1) is 0 Å². The van der Waals surface area contributed by atoms with Crippen molar-refractivity contribution in [1.82, 2.24) is 0 Å². The number of nitrogens with one attached hydrogen (secondary N) is 1. The number of methoxy groups -OCH3 is 2. The Balaban J connectivity index is 3.55. The van der Waals surface area contributed by atoms with Gasteiger partial charge in [0, 0.05) is 18.8 Å². The summed E-state index contributed by atoms with van der Waals surface area (Å²) in [6, 6.07) is 2.15. The lowest BCUT2D eigenvalue weighted by Gasteiger charge is -2.09. The van der Waals surface area contributed by atoms with Gasteiger partial charge in [0.2, 0.25) is 0 Å². The second kappa shape index (κ2) is 5.80. The van der Waals surface area contributed by atoms with Crippen LogP contribution in [0.3, 0.4) is 0 Å². The number of esters is 2. The fraction of sp³-hybridized carbons (Fsp3) is 0.273. The standard InChI is InChI=1S/C11H12N2O6/c1-12-8-4-7(11(15)19-3)9(13(16)17)5-6(8)10(14)18-2/h4-5,12H,1-3H3. The predicted octanol–water partition coefficient (Wildman–Crippen LogP) is 1.21. The molecule has 8 heteroatoms. The van der Waals surface area contributed by atoms with E-state index in [0.29, 0.717) is 0 Å². The quantitative estimate of drug-likeness (QED) is 0.496. The summed E-state index contributed by atoms with van der Waals surface area (Å²) in [5.74, 6) is -1.61. The summed E-state index contributed by atoms with van der Waals surface area (Å²) in [4.78, 5) is 33.2. The normalized spacial score (nSPS) is 9.63. The van der Waals surface area contributed by atoms with Crippen molar-refractivity contribution in [3.63, 3.8) is 0 Å². The molecule has 0 radical (unpaired) electrons. The van der Waals surface area contributed by atoms with E-state index in [0.717, 1.165) is 20.3 Å². The molecule has 1 aromatic rings. The van der Waals surface area contributed by atoms with E-state index in [1.165, 1.54) is 13.1 Å². The van der Waals surface area contributed by atoms with Crippen molar-refractivity contribution < 1.29 is 24.0 Å². The van der Waals surface area contributed by atoms with Crippen molar-refractivity contribution in [1.29, 1.82) is 0 Å². The van der Waals surface area contributed by atoms with Crippen LogP contribution in [0.2, 0.25) is 0 Å². The van der Waals surface area contributed by atoms with Gasteiger partial charge >= 0.3 is 11.9 Å². The van der Waals surface area contributed by atoms with Gasteiger partial charge in [0.1, 0.15) is 5.56 Å². The third kappa shape index (κ3) is 2.79. The molecule has 0 aliphatic heterocycles. The van der Waals surface area contributed by atoms with Gasteiger partial charge in [-0.05, 0) is 6.07 Å². The first kappa shape index (κ1) is 14.4. The highest BCUT2D eigenvalue weighted by Crippen LogP contribution is 2.28. The number of carbonyl (C=O) groups is 2. The first-order valence-corrected chi connectivity index (χ1v) is 5.13. The molecular weight excluding hydrogens is 256 g/mol. The van der Waals surface area contributed by atoms with Crippen LogP contribution in [0.25, 0.3) is 0 Å². The third-order valence-corrected chi connectivity index (χ3v) is 2.41. The number of nitrogens with zero attached hydrogens (tertiary/aromatic N) is 1. The number of benzene rings is 1. The Morgan fingerprint density at radius 3 is 2.11 bits per heavy atom. The van der Waals surface area contributed by atoms with E-state index in [1.807, 2.05) is 0 Å². The van der Waals surface area contributed by atoms with Gasteiger partial charge in [-0.3, -0.25) is 10.1 Å². The molecule has 19 heavy (non-hydrogen) atoms. The molecule has 0 amide bonds. The minimum atomic E-state index is -0.861. The van der Waals surface area contributed by atoms with Gasteiger partial charge < -0.3 is 14.8 Å². The highest BCUT2D eigenvalue weighted by Gasteiger charge is 2.26. The number of ether oxygens (including phenoxy) is 2. The first-order chi connectivity index (χ1) is 8.96. The van der Waals surface area contributed by atoms with E-state index in [-0.39, 0.29) is 16.8 Å². The zero-order chi connectivity index (χ0) is 14.6. The van der Waals surface area contributed by atoms with Gasteiger partial charge in [0.15, 0.2) is 0 Å². The molecule has 1 rings (SSSR count). The molecule has 0 bridgehead atoms. The Morgan fingerprint density at radius 2 is 1.68 bits per heavy atom. The summed E-state index contributed by atoms with van der Waals surface area (Å²) in [5.41, 5.74) is -0.571. The summed E-state index contributed by atoms with van der Waals surface area (Å²) in [5, 5.41) is 13.6. The van der Waals surface area contributed by atoms with Crippen molar-refractivity contribution >= 4 is 23.3 Å². The van der Waals surface area contributed by atoms with Crippen LogP contribution >= 0.6 is 0 Å². The predicted molar refractivity (Wildman–Crippen MR) is 65.3 cm³/mol. The number of anilines is 1. The lowest BCUT2D eigenvalue weighted by Crippen LogP contribution is -2.11. The summed E-state index contributed by atoms with van der Waals surface area (Å²) < 4.78 is 8.99. The third-order valence-electron chi connectivity index (χ3n) is 2.41. The Kier molecular flexibility index (Phi) is 4.41. The molecule has 0 saturated heterocycles. The fourth-order valence-corrected chi connectivity index (χ4v) is 1.50. The van der Waals surface area contributed by atoms with E-state index in [9.17, 15) is 19.7 Å². The van der Waals surface area contributed by atoms with Crippen molar-refractivity contribution in [2.45, 2.75) is 0 Å². The summed E-state index contributed by atoms with van der Waals surface area (Å²) in [7, 11) is 3.77. The van der Waals surface area contributed by atoms with Crippen molar-refractivity contribution in [2.24, 2.45) is 0 Å². The Hall–Kier alpha value is -2.64. The summed E-state index contributed by atoms with van der Waals surface area (Å²) in [6.07, 6.45) is 0. The zero-order valence-corrected chi connectivity index (χ0v) is 10.6. The zero-order valence-electron chi connectivity index (χ0n) is 10.6. The maximum atomic E-state index is 11.5. The second-order valence-corrected chi connectivity index (χ2v) is 3.41. The molecule has 102 valence electrons. The lowest BCUT2D eigenvalue weighted by atomic mass is 10.1. The van der Waals surface area contributed by atoms with Crippen LogP contribution in [-0.4, -0.2) is 38.1 Å². The molecule has 0 aliphatic carbocycles. The highest BCUT2D eigenvalue weighted by atomic mass is 16.6. The van der Waals surface area contributed by atoms with Crippen molar-refractivity contribution in [3.8, 4) is 0 Å². The molecule has 1 aromatic carbocycles. The Labute approximate surface area is 108 Å². The van der Waals surface area contributed by atoms with Crippen LogP contribution in [0.15, 0.2) is 12.1 Å².